The summed E-state index contributed by atoms with van der Waals surface area (Å²) in [6.45, 7) is 3.82. The van der Waals surface area contributed by atoms with Gasteiger partial charge in [-0.05, 0) is 50.2 Å². The number of rotatable bonds is 6. The summed E-state index contributed by atoms with van der Waals surface area (Å²) in [5, 5.41) is 2.80. The topological polar surface area (TPSA) is 47.6 Å². The molecule has 0 heterocycles. The summed E-state index contributed by atoms with van der Waals surface area (Å²) in [5.41, 5.74) is 0.639. The van der Waals surface area contributed by atoms with Crippen LogP contribution in [0.3, 0.4) is 0 Å². The van der Waals surface area contributed by atoms with Crippen molar-refractivity contribution in [3.8, 4) is 11.5 Å². The van der Waals surface area contributed by atoms with Crippen molar-refractivity contribution in [1.29, 1.82) is 0 Å². The molecule has 0 radical (unpaired) electrons. The highest BCUT2D eigenvalue weighted by atomic mass is 79.9. The van der Waals surface area contributed by atoms with Gasteiger partial charge in [-0.1, -0.05) is 28.1 Å². The first kappa shape index (κ1) is 16.4. The minimum absolute atomic E-state index is 0.0390. The van der Waals surface area contributed by atoms with Gasteiger partial charge in [0.2, 0.25) is 0 Å². The number of ether oxygens (including phenoxy) is 2. The van der Waals surface area contributed by atoms with Crippen LogP contribution in [0.25, 0.3) is 0 Å². The third kappa shape index (κ3) is 5.07. The van der Waals surface area contributed by atoms with Gasteiger partial charge in [-0.2, -0.15) is 0 Å². The van der Waals surface area contributed by atoms with Crippen LogP contribution in [-0.4, -0.2) is 18.6 Å². The molecule has 0 atom stereocenters. The number of halogens is 1. The molecule has 0 aliphatic rings. The lowest BCUT2D eigenvalue weighted by molar-refractivity contribution is -0.118. The van der Waals surface area contributed by atoms with Crippen LogP contribution in [-0.2, 0) is 4.79 Å². The monoisotopic (exact) mass is 363 g/mol. The number of carbonyl (C=O) groups excluding carboxylic acids is 1. The van der Waals surface area contributed by atoms with E-state index in [0.29, 0.717) is 17.2 Å². The van der Waals surface area contributed by atoms with Gasteiger partial charge in [-0.25, -0.2) is 0 Å². The van der Waals surface area contributed by atoms with Crippen molar-refractivity contribution in [3.05, 3.63) is 53.0 Å². The lowest BCUT2D eigenvalue weighted by atomic mass is 10.3. The molecule has 2 aromatic carbocycles. The van der Waals surface area contributed by atoms with E-state index < -0.39 is 0 Å². The molecule has 0 saturated heterocycles. The highest BCUT2D eigenvalue weighted by Gasteiger charge is 2.09. The van der Waals surface area contributed by atoms with Crippen LogP contribution in [0.15, 0.2) is 53.0 Å². The molecule has 2 rings (SSSR count). The Morgan fingerprint density at radius 2 is 1.82 bits per heavy atom. The van der Waals surface area contributed by atoms with Crippen molar-refractivity contribution >= 4 is 27.5 Å². The normalized spacial score (nSPS) is 10.4. The van der Waals surface area contributed by atoms with Gasteiger partial charge in [-0.15, -0.1) is 0 Å². The molecule has 0 fully saturated rings. The van der Waals surface area contributed by atoms with Crippen molar-refractivity contribution in [3.63, 3.8) is 0 Å². The number of nitrogens with one attached hydrogen (secondary N) is 1. The standard InChI is InChI=1S/C17H18BrNO3/c1-12(2)22-16-6-4-3-5-15(16)19-17(20)11-21-14-9-7-13(18)8-10-14/h3-10,12H,11H2,1-2H3,(H,19,20). The van der Waals surface area contributed by atoms with Crippen molar-refractivity contribution in [2.24, 2.45) is 0 Å². The van der Waals surface area contributed by atoms with Crippen LogP contribution >= 0.6 is 15.9 Å². The van der Waals surface area contributed by atoms with Crippen LogP contribution in [0.1, 0.15) is 13.8 Å². The molecule has 1 N–H and O–H groups in total. The van der Waals surface area contributed by atoms with Crippen molar-refractivity contribution in [2.75, 3.05) is 11.9 Å². The fourth-order valence-electron chi connectivity index (χ4n) is 1.79. The summed E-state index contributed by atoms with van der Waals surface area (Å²) < 4.78 is 12.1. The molecule has 5 heteroatoms. The van der Waals surface area contributed by atoms with Gasteiger partial charge in [0.25, 0.3) is 5.91 Å². The molecule has 4 nitrogen and oxygen atoms in total. The van der Waals surface area contributed by atoms with E-state index in [2.05, 4.69) is 21.2 Å². The fourth-order valence-corrected chi connectivity index (χ4v) is 2.06. The van der Waals surface area contributed by atoms with Gasteiger partial charge in [-0.3, -0.25) is 4.79 Å². The van der Waals surface area contributed by atoms with Crippen LogP contribution in [0.4, 0.5) is 5.69 Å². The van der Waals surface area contributed by atoms with E-state index in [4.69, 9.17) is 9.47 Å². The van der Waals surface area contributed by atoms with Gasteiger partial charge in [0, 0.05) is 4.47 Å². The van der Waals surface area contributed by atoms with Crippen molar-refractivity contribution < 1.29 is 14.3 Å². The lowest BCUT2D eigenvalue weighted by Gasteiger charge is -2.15. The van der Waals surface area contributed by atoms with E-state index >= 15 is 0 Å². The molecule has 0 aliphatic carbocycles. The number of para-hydroxylation sites is 2. The molecular weight excluding hydrogens is 346 g/mol. The van der Waals surface area contributed by atoms with E-state index in [1.54, 1.807) is 18.2 Å². The minimum Gasteiger partial charge on any atom is -0.489 e. The first-order valence-corrected chi connectivity index (χ1v) is 7.78. The Kier molecular flexibility index (Phi) is 5.83. The summed E-state index contributed by atoms with van der Waals surface area (Å²) in [6, 6.07) is 14.7. The highest BCUT2D eigenvalue weighted by molar-refractivity contribution is 9.10. The zero-order chi connectivity index (χ0) is 15.9. The highest BCUT2D eigenvalue weighted by Crippen LogP contribution is 2.24. The van der Waals surface area contributed by atoms with Gasteiger partial charge < -0.3 is 14.8 Å². The molecule has 22 heavy (non-hydrogen) atoms. The van der Waals surface area contributed by atoms with E-state index in [-0.39, 0.29) is 18.6 Å². The number of anilines is 1. The predicted octanol–water partition coefficient (Wildman–Crippen LogP) is 4.25. The smallest absolute Gasteiger partial charge is 0.262 e. The number of hydrogen-bond acceptors (Lipinski definition) is 3. The van der Waals surface area contributed by atoms with Gasteiger partial charge in [0.05, 0.1) is 11.8 Å². The molecule has 0 unspecified atom stereocenters. The SMILES string of the molecule is CC(C)Oc1ccccc1NC(=O)COc1ccc(Br)cc1. The largest absolute Gasteiger partial charge is 0.489 e. The maximum Gasteiger partial charge on any atom is 0.262 e. The van der Waals surface area contributed by atoms with Gasteiger partial charge in [0.1, 0.15) is 11.5 Å². The third-order valence-corrected chi connectivity index (χ3v) is 3.24. The predicted molar refractivity (Wildman–Crippen MR) is 90.5 cm³/mol. The van der Waals surface area contributed by atoms with Gasteiger partial charge >= 0.3 is 0 Å². The molecule has 1 amide bonds. The second-order valence-corrected chi connectivity index (χ2v) is 5.87. The second-order valence-electron chi connectivity index (χ2n) is 4.95. The van der Waals surface area contributed by atoms with E-state index in [1.807, 2.05) is 44.2 Å². The Morgan fingerprint density at radius 3 is 2.50 bits per heavy atom. The van der Waals surface area contributed by atoms with Gasteiger partial charge in [0.15, 0.2) is 6.61 Å². The molecule has 0 bridgehead atoms. The summed E-state index contributed by atoms with van der Waals surface area (Å²) in [4.78, 5) is 12.0. The Bertz CT molecular complexity index is 626. The second kappa shape index (κ2) is 7.84. The number of hydrogen-bond donors (Lipinski definition) is 1. The first-order valence-electron chi connectivity index (χ1n) is 6.98. The van der Waals surface area contributed by atoms with Crippen LogP contribution in [0.5, 0.6) is 11.5 Å². The van der Waals surface area contributed by atoms with Crippen molar-refractivity contribution in [1.82, 2.24) is 0 Å². The Morgan fingerprint density at radius 1 is 1.14 bits per heavy atom. The zero-order valence-corrected chi connectivity index (χ0v) is 14.1. The summed E-state index contributed by atoms with van der Waals surface area (Å²) >= 11 is 3.35. The van der Waals surface area contributed by atoms with E-state index in [0.717, 1.165) is 4.47 Å². The quantitative estimate of drug-likeness (QED) is 0.834. The summed E-state index contributed by atoms with van der Waals surface area (Å²) in [5.74, 6) is 1.06. The molecule has 2 aromatic rings. The Labute approximate surface area is 138 Å². The Balaban J connectivity index is 1.93. The molecule has 0 spiro atoms. The Hall–Kier alpha value is -2.01. The maximum atomic E-state index is 12.0. The minimum atomic E-state index is -0.234. The average Bonchev–Trinajstić information content (AvgIpc) is 2.48. The number of amides is 1. The number of carbonyl (C=O) groups is 1. The summed E-state index contributed by atoms with van der Waals surface area (Å²) in [6.07, 6.45) is 0.0390. The van der Waals surface area contributed by atoms with Crippen LogP contribution in [0.2, 0.25) is 0 Å². The lowest BCUT2D eigenvalue weighted by Crippen LogP contribution is -2.21. The number of benzene rings is 2. The molecule has 0 aromatic heterocycles. The third-order valence-electron chi connectivity index (χ3n) is 2.71. The summed E-state index contributed by atoms with van der Waals surface area (Å²) in [7, 11) is 0. The molecule has 116 valence electrons. The maximum absolute atomic E-state index is 12.0. The molecule has 0 saturated carbocycles. The average molecular weight is 364 g/mol. The zero-order valence-electron chi connectivity index (χ0n) is 12.5. The van der Waals surface area contributed by atoms with Crippen LogP contribution in [0, 0.1) is 0 Å². The van der Waals surface area contributed by atoms with Crippen LogP contribution < -0.4 is 14.8 Å². The fraction of sp³-hybridized carbons (Fsp3) is 0.235. The van der Waals surface area contributed by atoms with Crippen molar-refractivity contribution in [2.45, 2.75) is 20.0 Å². The first-order chi connectivity index (χ1) is 10.5. The van der Waals surface area contributed by atoms with E-state index in [1.165, 1.54) is 0 Å². The molecular formula is C17H18BrNO3. The molecule has 0 aliphatic heterocycles. The van der Waals surface area contributed by atoms with E-state index in [9.17, 15) is 4.79 Å².